The second kappa shape index (κ2) is 8.33. The summed E-state index contributed by atoms with van der Waals surface area (Å²) in [5.41, 5.74) is 1.81. The molecule has 2 nitrogen and oxygen atoms in total. The average Bonchev–Trinajstić information content (AvgIpc) is 2.56. The molecule has 0 bridgehead atoms. The molecule has 0 N–H and O–H groups in total. The normalized spacial score (nSPS) is 12.5. The van der Waals surface area contributed by atoms with Crippen LogP contribution in [0, 0.1) is 11.8 Å². The van der Waals surface area contributed by atoms with E-state index in [-0.39, 0.29) is 11.8 Å². The third-order valence-corrected chi connectivity index (χ3v) is 3.68. The Morgan fingerprint density at radius 1 is 0.913 bits per heavy atom. The van der Waals surface area contributed by atoms with Crippen LogP contribution in [0.3, 0.4) is 0 Å². The Morgan fingerprint density at radius 3 is 1.83 bits per heavy atom. The van der Waals surface area contributed by atoms with Crippen molar-refractivity contribution in [3.8, 4) is 0 Å². The zero-order valence-corrected chi connectivity index (χ0v) is 14.1. The minimum Gasteiger partial charge on any atom is -0.281 e. The summed E-state index contributed by atoms with van der Waals surface area (Å²) in [7, 11) is 0. The molecule has 0 radical (unpaired) electrons. The molecule has 0 fully saturated rings. The predicted molar refractivity (Wildman–Crippen MR) is 97.8 cm³/mol. The van der Waals surface area contributed by atoms with E-state index in [1.165, 1.54) is 0 Å². The lowest BCUT2D eigenvalue weighted by atomic mass is 10.0. The first kappa shape index (κ1) is 17.0. The van der Waals surface area contributed by atoms with Gasteiger partial charge in [0, 0.05) is 17.3 Å². The molecule has 120 valence electrons. The fourth-order valence-corrected chi connectivity index (χ4v) is 2.43. The second-order valence-electron chi connectivity index (χ2n) is 6.15. The summed E-state index contributed by atoms with van der Waals surface area (Å²) in [6, 6.07) is 19.7. The van der Waals surface area contributed by atoms with E-state index in [2.05, 4.69) is 26.0 Å². The molecule has 0 aliphatic heterocycles. The summed E-state index contributed by atoms with van der Waals surface area (Å²) >= 11 is 0. The molecule has 1 atom stereocenters. The number of hydrogen-bond donors (Lipinski definition) is 0. The van der Waals surface area contributed by atoms with E-state index in [0.717, 1.165) is 17.8 Å². The number of allylic oxidation sites excluding steroid dienone is 2. The number of hydrogen-bond acceptors (Lipinski definition) is 1. The Balaban J connectivity index is 2.25. The molecule has 0 aromatic heterocycles. The number of amides is 1. The third kappa shape index (κ3) is 4.82. The van der Waals surface area contributed by atoms with Crippen molar-refractivity contribution >= 4 is 17.3 Å². The zero-order chi connectivity index (χ0) is 16.7. The van der Waals surface area contributed by atoms with Crippen LogP contribution >= 0.6 is 0 Å². The van der Waals surface area contributed by atoms with Crippen LogP contribution in [0.25, 0.3) is 0 Å². The highest BCUT2D eigenvalue weighted by Crippen LogP contribution is 2.27. The molecule has 2 rings (SSSR count). The van der Waals surface area contributed by atoms with E-state index in [1.54, 1.807) is 0 Å². The van der Waals surface area contributed by atoms with Gasteiger partial charge in [-0.25, -0.2) is 0 Å². The number of carbonyl (C=O) groups excluding carboxylic acids is 1. The summed E-state index contributed by atoms with van der Waals surface area (Å²) in [6.07, 6.45) is 5.02. The van der Waals surface area contributed by atoms with Gasteiger partial charge in [0.25, 0.3) is 0 Å². The van der Waals surface area contributed by atoms with Gasteiger partial charge in [0.15, 0.2) is 0 Å². The Bertz CT molecular complexity index is 592. The van der Waals surface area contributed by atoms with Crippen LogP contribution in [-0.4, -0.2) is 5.91 Å². The van der Waals surface area contributed by atoms with Crippen molar-refractivity contribution in [3.05, 3.63) is 72.8 Å². The van der Waals surface area contributed by atoms with E-state index >= 15 is 0 Å². The standard InChI is InChI=1S/C21H25NO/c1-17(2)11-10-12-18(3)21(23)22(19-13-6-4-7-14-19)20-15-8-5-9-16-20/h4-11,13-18H,12H2,1-3H3/b11-10+/t18-/m0/s1. The van der Waals surface area contributed by atoms with Crippen LogP contribution in [0.15, 0.2) is 72.8 Å². The average molecular weight is 307 g/mol. The highest BCUT2D eigenvalue weighted by atomic mass is 16.2. The minimum absolute atomic E-state index is 0.0644. The third-order valence-electron chi connectivity index (χ3n) is 3.68. The topological polar surface area (TPSA) is 20.3 Å². The van der Waals surface area contributed by atoms with Gasteiger partial charge < -0.3 is 0 Å². The summed E-state index contributed by atoms with van der Waals surface area (Å²) in [5, 5.41) is 0. The summed E-state index contributed by atoms with van der Waals surface area (Å²) < 4.78 is 0. The molecule has 0 aliphatic carbocycles. The van der Waals surface area contributed by atoms with E-state index in [4.69, 9.17) is 0 Å². The molecule has 2 heteroatoms. The number of anilines is 2. The number of nitrogens with zero attached hydrogens (tertiary/aromatic N) is 1. The fraction of sp³-hybridized carbons (Fsp3) is 0.286. The van der Waals surface area contributed by atoms with Gasteiger partial charge in [0.05, 0.1) is 0 Å². The van der Waals surface area contributed by atoms with Gasteiger partial charge in [-0.3, -0.25) is 9.69 Å². The minimum atomic E-state index is -0.0644. The van der Waals surface area contributed by atoms with Crippen LogP contribution in [0.4, 0.5) is 11.4 Å². The molecule has 0 spiro atoms. The monoisotopic (exact) mass is 307 g/mol. The van der Waals surface area contributed by atoms with Gasteiger partial charge in [0.1, 0.15) is 0 Å². The Labute approximate surface area is 139 Å². The first-order valence-corrected chi connectivity index (χ1v) is 8.20. The molecule has 0 unspecified atom stereocenters. The second-order valence-corrected chi connectivity index (χ2v) is 6.15. The molecule has 0 aliphatic rings. The van der Waals surface area contributed by atoms with E-state index in [9.17, 15) is 4.79 Å². The molecular formula is C21H25NO. The van der Waals surface area contributed by atoms with E-state index < -0.39 is 0 Å². The highest BCUT2D eigenvalue weighted by Gasteiger charge is 2.22. The maximum atomic E-state index is 13.0. The Kier molecular flexibility index (Phi) is 6.16. The van der Waals surface area contributed by atoms with Crippen molar-refractivity contribution in [1.82, 2.24) is 0 Å². The molecule has 0 saturated heterocycles. The van der Waals surface area contributed by atoms with Crippen molar-refractivity contribution < 1.29 is 4.79 Å². The number of rotatable bonds is 6. The van der Waals surface area contributed by atoms with Gasteiger partial charge >= 0.3 is 0 Å². The van der Waals surface area contributed by atoms with Crippen LogP contribution in [0.2, 0.25) is 0 Å². The maximum absolute atomic E-state index is 13.0. The number of carbonyl (C=O) groups is 1. The van der Waals surface area contributed by atoms with E-state index in [0.29, 0.717) is 5.92 Å². The van der Waals surface area contributed by atoms with Crippen molar-refractivity contribution in [1.29, 1.82) is 0 Å². The summed E-state index contributed by atoms with van der Waals surface area (Å²) in [6.45, 7) is 6.28. The van der Waals surface area contributed by atoms with Crippen molar-refractivity contribution in [2.75, 3.05) is 4.90 Å². The lowest BCUT2D eigenvalue weighted by Gasteiger charge is -2.25. The van der Waals surface area contributed by atoms with Gasteiger partial charge in [-0.15, -0.1) is 0 Å². The van der Waals surface area contributed by atoms with Crippen molar-refractivity contribution in [2.24, 2.45) is 11.8 Å². The van der Waals surface area contributed by atoms with Crippen LogP contribution in [-0.2, 0) is 4.79 Å². The maximum Gasteiger partial charge on any atom is 0.234 e. The van der Waals surface area contributed by atoms with Gasteiger partial charge in [-0.2, -0.15) is 0 Å². The quantitative estimate of drug-likeness (QED) is 0.637. The van der Waals surface area contributed by atoms with Gasteiger partial charge in [0.2, 0.25) is 5.91 Å². The highest BCUT2D eigenvalue weighted by molar-refractivity contribution is 6.01. The first-order valence-electron chi connectivity index (χ1n) is 8.20. The lowest BCUT2D eigenvalue weighted by Crippen LogP contribution is -2.31. The zero-order valence-electron chi connectivity index (χ0n) is 14.1. The SMILES string of the molecule is CC(C)/C=C/C[C@H](C)C(=O)N(c1ccccc1)c1ccccc1. The van der Waals surface area contributed by atoms with E-state index in [1.807, 2.05) is 72.5 Å². The molecule has 0 saturated carbocycles. The largest absolute Gasteiger partial charge is 0.281 e. The van der Waals surface area contributed by atoms with Gasteiger partial charge in [-0.05, 0) is 36.6 Å². The molecule has 2 aromatic rings. The van der Waals surface area contributed by atoms with Crippen LogP contribution < -0.4 is 4.90 Å². The molecule has 2 aromatic carbocycles. The Morgan fingerprint density at radius 2 is 1.39 bits per heavy atom. The molecule has 1 amide bonds. The van der Waals surface area contributed by atoms with Crippen LogP contribution in [0.1, 0.15) is 27.2 Å². The first-order chi connectivity index (χ1) is 11.1. The van der Waals surface area contributed by atoms with Crippen molar-refractivity contribution in [2.45, 2.75) is 27.2 Å². The Hall–Kier alpha value is -2.35. The molecule has 0 heterocycles. The van der Waals surface area contributed by atoms with Crippen LogP contribution in [0.5, 0.6) is 0 Å². The summed E-state index contributed by atoms with van der Waals surface area (Å²) in [5.74, 6) is 0.567. The fourth-order valence-electron chi connectivity index (χ4n) is 2.43. The lowest BCUT2D eigenvalue weighted by molar-refractivity contribution is -0.121. The molecule has 23 heavy (non-hydrogen) atoms. The number of benzene rings is 2. The summed E-state index contributed by atoms with van der Waals surface area (Å²) in [4.78, 5) is 14.8. The van der Waals surface area contributed by atoms with Crippen molar-refractivity contribution in [3.63, 3.8) is 0 Å². The molecular weight excluding hydrogens is 282 g/mol. The van der Waals surface area contributed by atoms with Gasteiger partial charge in [-0.1, -0.05) is 69.3 Å². The predicted octanol–water partition coefficient (Wildman–Crippen LogP) is 5.59. The number of para-hydroxylation sites is 2. The smallest absolute Gasteiger partial charge is 0.234 e.